The number of benzene rings is 2. The lowest BCUT2D eigenvalue weighted by atomic mass is 10.1. The first-order valence-corrected chi connectivity index (χ1v) is 7.74. The van der Waals surface area contributed by atoms with E-state index in [1.54, 1.807) is 36.4 Å². The molecule has 6 heteroatoms. The van der Waals surface area contributed by atoms with Crippen molar-refractivity contribution in [1.82, 2.24) is 0 Å². The van der Waals surface area contributed by atoms with Crippen LogP contribution in [0.25, 0.3) is 0 Å². The average molecular weight is 302 g/mol. The SMILES string of the molecule is N#CCC(O)c1cccc(NS(=O)(=O)c2ccccc2)c1. The van der Waals surface area contributed by atoms with E-state index in [1.807, 2.05) is 6.07 Å². The fourth-order valence-corrected chi connectivity index (χ4v) is 2.90. The van der Waals surface area contributed by atoms with Gasteiger partial charge in [-0.25, -0.2) is 8.42 Å². The van der Waals surface area contributed by atoms with Gasteiger partial charge < -0.3 is 5.11 Å². The third-order valence-electron chi connectivity index (χ3n) is 2.86. The van der Waals surface area contributed by atoms with E-state index in [-0.39, 0.29) is 11.3 Å². The van der Waals surface area contributed by atoms with Crippen molar-refractivity contribution < 1.29 is 13.5 Å². The molecule has 0 amide bonds. The Morgan fingerprint density at radius 2 is 1.86 bits per heavy atom. The molecule has 1 atom stereocenters. The van der Waals surface area contributed by atoms with Crippen LogP contribution in [-0.4, -0.2) is 13.5 Å². The number of aliphatic hydroxyl groups is 1. The van der Waals surface area contributed by atoms with Gasteiger partial charge in [0, 0.05) is 5.69 Å². The molecule has 108 valence electrons. The van der Waals surface area contributed by atoms with Crippen molar-refractivity contribution in [2.24, 2.45) is 0 Å². The number of sulfonamides is 1. The van der Waals surface area contributed by atoms with E-state index >= 15 is 0 Å². The standard InChI is InChI=1S/C15H14N2O3S/c16-10-9-15(18)12-5-4-6-13(11-12)17-21(19,20)14-7-2-1-3-8-14/h1-8,11,15,17-18H,9H2. The van der Waals surface area contributed by atoms with Crippen molar-refractivity contribution in [3.8, 4) is 6.07 Å². The molecule has 0 saturated carbocycles. The van der Waals surface area contributed by atoms with Gasteiger partial charge in [0.15, 0.2) is 0 Å². The maximum Gasteiger partial charge on any atom is 0.261 e. The summed E-state index contributed by atoms with van der Waals surface area (Å²) in [6.45, 7) is 0. The monoisotopic (exact) mass is 302 g/mol. The van der Waals surface area contributed by atoms with Crippen LogP contribution in [0.1, 0.15) is 18.1 Å². The van der Waals surface area contributed by atoms with Gasteiger partial charge in [-0.3, -0.25) is 4.72 Å². The van der Waals surface area contributed by atoms with Crippen LogP contribution in [0.5, 0.6) is 0 Å². The molecule has 0 aliphatic rings. The van der Waals surface area contributed by atoms with Gasteiger partial charge in [-0.05, 0) is 29.8 Å². The summed E-state index contributed by atoms with van der Waals surface area (Å²) in [4.78, 5) is 0.160. The zero-order chi connectivity index (χ0) is 15.3. The van der Waals surface area contributed by atoms with E-state index in [1.165, 1.54) is 18.2 Å². The van der Waals surface area contributed by atoms with Crippen molar-refractivity contribution in [1.29, 1.82) is 5.26 Å². The van der Waals surface area contributed by atoms with Gasteiger partial charge in [-0.1, -0.05) is 30.3 Å². The second-order valence-corrected chi connectivity index (χ2v) is 6.10. The summed E-state index contributed by atoms with van der Waals surface area (Å²) < 4.78 is 26.8. The van der Waals surface area contributed by atoms with E-state index in [0.717, 1.165) is 0 Å². The molecule has 2 rings (SSSR count). The highest BCUT2D eigenvalue weighted by Gasteiger charge is 2.14. The van der Waals surface area contributed by atoms with Crippen molar-refractivity contribution >= 4 is 15.7 Å². The minimum Gasteiger partial charge on any atom is -0.387 e. The molecule has 0 aliphatic carbocycles. The second kappa shape index (κ2) is 6.39. The van der Waals surface area contributed by atoms with Gasteiger partial charge in [0.05, 0.1) is 23.5 Å². The molecule has 2 aromatic carbocycles. The molecule has 0 bridgehead atoms. The fourth-order valence-electron chi connectivity index (χ4n) is 1.83. The number of anilines is 1. The Labute approximate surface area is 123 Å². The molecule has 2 N–H and O–H groups in total. The zero-order valence-electron chi connectivity index (χ0n) is 11.1. The zero-order valence-corrected chi connectivity index (χ0v) is 11.9. The number of nitrogens with one attached hydrogen (secondary N) is 1. The summed E-state index contributed by atoms with van der Waals surface area (Å²) in [6, 6.07) is 16.2. The average Bonchev–Trinajstić information content (AvgIpc) is 2.48. The van der Waals surface area contributed by atoms with Crippen LogP contribution in [0.15, 0.2) is 59.5 Å². The van der Waals surface area contributed by atoms with Gasteiger partial charge in [-0.15, -0.1) is 0 Å². The van der Waals surface area contributed by atoms with Crippen molar-refractivity contribution in [3.05, 3.63) is 60.2 Å². The van der Waals surface area contributed by atoms with Gasteiger partial charge in [-0.2, -0.15) is 5.26 Å². The number of hydrogen-bond acceptors (Lipinski definition) is 4. The molecule has 21 heavy (non-hydrogen) atoms. The molecule has 0 fully saturated rings. The van der Waals surface area contributed by atoms with Crippen LogP contribution in [0.2, 0.25) is 0 Å². The first kappa shape index (κ1) is 15.0. The van der Waals surface area contributed by atoms with E-state index in [9.17, 15) is 13.5 Å². The molecular formula is C15H14N2O3S. The third kappa shape index (κ3) is 3.81. The van der Waals surface area contributed by atoms with Crippen LogP contribution < -0.4 is 4.72 Å². The maximum absolute atomic E-state index is 12.2. The highest BCUT2D eigenvalue weighted by Crippen LogP contribution is 2.22. The number of aliphatic hydroxyl groups excluding tert-OH is 1. The van der Waals surface area contributed by atoms with E-state index in [4.69, 9.17) is 5.26 Å². The minimum absolute atomic E-state index is 0.0467. The van der Waals surface area contributed by atoms with Crippen molar-refractivity contribution in [3.63, 3.8) is 0 Å². The molecule has 0 spiro atoms. The smallest absolute Gasteiger partial charge is 0.261 e. The molecule has 0 aromatic heterocycles. The molecule has 0 aliphatic heterocycles. The van der Waals surface area contributed by atoms with E-state index in [0.29, 0.717) is 11.3 Å². The van der Waals surface area contributed by atoms with Crippen molar-refractivity contribution in [2.45, 2.75) is 17.4 Å². The Bertz CT molecular complexity index is 752. The topological polar surface area (TPSA) is 90.2 Å². The molecule has 1 unspecified atom stereocenters. The van der Waals surface area contributed by atoms with Crippen LogP contribution in [0, 0.1) is 11.3 Å². The Hall–Kier alpha value is -2.36. The molecule has 2 aromatic rings. The lowest BCUT2D eigenvalue weighted by molar-refractivity contribution is 0.183. The van der Waals surface area contributed by atoms with E-state index in [2.05, 4.69) is 4.72 Å². The third-order valence-corrected chi connectivity index (χ3v) is 4.26. The summed E-state index contributed by atoms with van der Waals surface area (Å²) in [5.74, 6) is 0. The Kier molecular flexibility index (Phi) is 4.58. The quantitative estimate of drug-likeness (QED) is 0.887. The van der Waals surface area contributed by atoms with Gasteiger partial charge in [0.2, 0.25) is 0 Å². The second-order valence-electron chi connectivity index (χ2n) is 4.42. The summed E-state index contributed by atoms with van der Waals surface area (Å²) in [7, 11) is -3.66. The van der Waals surface area contributed by atoms with Gasteiger partial charge in [0.25, 0.3) is 10.0 Å². The number of nitrogens with zero attached hydrogens (tertiary/aromatic N) is 1. The number of nitriles is 1. The van der Waals surface area contributed by atoms with Crippen LogP contribution in [-0.2, 0) is 10.0 Å². The van der Waals surface area contributed by atoms with Crippen LogP contribution >= 0.6 is 0 Å². The molecule has 0 radical (unpaired) electrons. The molecule has 0 heterocycles. The Balaban J connectivity index is 2.25. The van der Waals surface area contributed by atoms with E-state index < -0.39 is 16.1 Å². The lowest BCUT2D eigenvalue weighted by Gasteiger charge is -2.11. The number of hydrogen-bond donors (Lipinski definition) is 2. The summed E-state index contributed by atoms with van der Waals surface area (Å²) in [5.41, 5.74) is 0.832. The normalized spacial score (nSPS) is 12.4. The largest absolute Gasteiger partial charge is 0.387 e. The van der Waals surface area contributed by atoms with Gasteiger partial charge >= 0.3 is 0 Å². The van der Waals surface area contributed by atoms with Crippen LogP contribution in [0.4, 0.5) is 5.69 Å². The minimum atomic E-state index is -3.66. The fraction of sp³-hybridized carbons (Fsp3) is 0.133. The first-order chi connectivity index (χ1) is 10.0. The predicted octanol–water partition coefficient (Wildman–Crippen LogP) is 2.43. The molecular weight excluding hydrogens is 288 g/mol. The number of rotatable bonds is 5. The Morgan fingerprint density at radius 3 is 2.52 bits per heavy atom. The van der Waals surface area contributed by atoms with Crippen molar-refractivity contribution in [2.75, 3.05) is 4.72 Å². The molecule has 0 saturated heterocycles. The molecule has 5 nitrogen and oxygen atoms in total. The highest BCUT2D eigenvalue weighted by atomic mass is 32.2. The highest BCUT2D eigenvalue weighted by molar-refractivity contribution is 7.92. The summed E-state index contributed by atoms with van der Waals surface area (Å²) >= 11 is 0. The van der Waals surface area contributed by atoms with Crippen LogP contribution in [0.3, 0.4) is 0 Å². The Morgan fingerprint density at radius 1 is 1.14 bits per heavy atom. The maximum atomic E-state index is 12.2. The van der Waals surface area contributed by atoms with Gasteiger partial charge in [0.1, 0.15) is 0 Å². The lowest BCUT2D eigenvalue weighted by Crippen LogP contribution is -2.13. The summed E-state index contributed by atoms with van der Waals surface area (Å²) in [5, 5.41) is 18.3. The predicted molar refractivity (Wildman–Crippen MR) is 78.9 cm³/mol. The first-order valence-electron chi connectivity index (χ1n) is 6.26. The summed E-state index contributed by atoms with van der Waals surface area (Å²) in [6.07, 6.45) is -0.981.